The van der Waals surface area contributed by atoms with Crippen LogP contribution in [0.15, 0.2) is 46.9 Å². The van der Waals surface area contributed by atoms with Crippen LogP contribution in [0.3, 0.4) is 0 Å². The van der Waals surface area contributed by atoms with Crippen molar-refractivity contribution in [1.29, 1.82) is 0 Å². The predicted octanol–water partition coefficient (Wildman–Crippen LogP) is 3.95. The van der Waals surface area contributed by atoms with Gasteiger partial charge in [-0.1, -0.05) is 18.2 Å². The Balaban J connectivity index is 2.43. The summed E-state index contributed by atoms with van der Waals surface area (Å²) in [6, 6.07) is 12.1. The summed E-state index contributed by atoms with van der Waals surface area (Å²) >= 11 is 3.19. The molecule has 0 radical (unpaired) electrons. The number of carboxylic acids is 1. The quantitative estimate of drug-likeness (QED) is 0.926. The lowest BCUT2D eigenvalue weighted by Gasteiger charge is -2.12. The molecule has 2 rings (SSSR count). The second kappa shape index (κ2) is 5.75. The third-order valence-corrected chi connectivity index (χ3v) is 3.11. The van der Waals surface area contributed by atoms with E-state index in [1.165, 1.54) is 13.2 Å². The van der Waals surface area contributed by atoms with Crippen LogP contribution in [-0.2, 0) is 0 Å². The second-order valence-electron chi connectivity index (χ2n) is 3.70. The van der Waals surface area contributed by atoms with E-state index >= 15 is 0 Å². The van der Waals surface area contributed by atoms with Crippen LogP contribution in [0.5, 0.6) is 17.2 Å². The van der Waals surface area contributed by atoms with Crippen LogP contribution < -0.4 is 9.47 Å². The number of halogens is 1. The fraction of sp³-hybridized carbons (Fsp3) is 0.0714. The highest BCUT2D eigenvalue weighted by Gasteiger charge is 2.15. The van der Waals surface area contributed by atoms with Crippen LogP contribution in [0.1, 0.15) is 10.4 Å². The zero-order chi connectivity index (χ0) is 13.8. The lowest BCUT2D eigenvalue weighted by molar-refractivity contribution is 0.0695. The molecule has 1 N–H and O–H groups in total. The lowest BCUT2D eigenvalue weighted by atomic mass is 10.2. The maximum Gasteiger partial charge on any atom is 0.336 e. The van der Waals surface area contributed by atoms with E-state index in [1.807, 2.05) is 18.2 Å². The molecule has 0 aliphatic heterocycles. The van der Waals surface area contributed by atoms with Gasteiger partial charge in [-0.3, -0.25) is 0 Å². The molecule has 0 heterocycles. The Morgan fingerprint density at radius 1 is 1.16 bits per heavy atom. The Kier molecular flexibility index (Phi) is 4.06. The highest BCUT2D eigenvalue weighted by atomic mass is 79.9. The largest absolute Gasteiger partial charge is 0.493 e. The molecule has 2 aromatic carbocycles. The molecule has 0 unspecified atom stereocenters. The average molecular weight is 323 g/mol. The molecular formula is C14H11BrO4. The van der Waals surface area contributed by atoms with Crippen molar-refractivity contribution in [2.45, 2.75) is 0 Å². The van der Waals surface area contributed by atoms with Crippen molar-refractivity contribution in [2.24, 2.45) is 0 Å². The van der Waals surface area contributed by atoms with Crippen LogP contribution in [0.2, 0.25) is 0 Å². The number of benzene rings is 2. The van der Waals surface area contributed by atoms with E-state index < -0.39 is 5.97 Å². The molecule has 19 heavy (non-hydrogen) atoms. The third-order valence-electron chi connectivity index (χ3n) is 2.45. The molecule has 2 aromatic rings. The van der Waals surface area contributed by atoms with Gasteiger partial charge in [0.2, 0.25) is 0 Å². The minimum Gasteiger partial charge on any atom is -0.493 e. The van der Waals surface area contributed by atoms with Gasteiger partial charge in [0.1, 0.15) is 5.75 Å². The predicted molar refractivity (Wildman–Crippen MR) is 74.2 cm³/mol. The smallest absolute Gasteiger partial charge is 0.336 e. The number of aromatic carboxylic acids is 1. The van der Waals surface area contributed by atoms with Crippen LogP contribution in [0, 0.1) is 0 Å². The maximum atomic E-state index is 11.1. The Hall–Kier alpha value is -2.01. The Morgan fingerprint density at radius 2 is 1.84 bits per heavy atom. The van der Waals surface area contributed by atoms with Crippen LogP contribution in [-0.4, -0.2) is 18.2 Å². The third kappa shape index (κ3) is 3.06. The highest BCUT2D eigenvalue weighted by Crippen LogP contribution is 2.36. The SMILES string of the molecule is COc1cc(Br)c(C(=O)O)cc1Oc1ccccc1. The minimum absolute atomic E-state index is 0.117. The summed E-state index contributed by atoms with van der Waals surface area (Å²) < 4.78 is 11.3. The van der Waals surface area contributed by atoms with E-state index in [-0.39, 0.29) is 5.56 Å². The van der Waals surface area contributed by atoms with Gasteiger partial charge in [0.25, 0.3) is 0 Å². The van der Waals surface area contributed by atoms with E-state index in [1.54, 1.807) is 18.2 Å². The number of hydrogen-bond acceptors (Lipinski definition) is 3. The summed E-state index contributed by atoms with van der Waals surface area (Å²) in [5, 5.41) is 9.09. The molecule has 0 saturated heterocycles. The number of methoxy groups -OCH3 is 1. The second-order valence-corrected chi connectivity index (χ2v) is 4.56. The Bertz CT molecular complexity index is 596. The van der Waals surface area contributed by atoms with Crippen LogP contribution >= 0.6 is 15.9 Å². The van der Waals surface area contributed by atoms with Crippen molar-refractivity contribution in [3.63, 3.8) is 0 Å². The molecule has 0 atom stereocenters. The normalized spacial score (nSPS) is 10.0. The molecule has 0 bridgehead atoms. The monoisotopic (exact) mass is 322 g/mol. The summed E-state index contributed by atoms with van der Waals surface area (Å²) in [6.45, 7) is 0. The van der Waals surface area contributed by atoms with Gasteiger partial charge in [-0.05, 0) is 34.1 Å². The Morgan fingerprint density at radius 3 is 2.42 bits per heavy atom. The molecule has 0 amide bonds. The van der Waals surface area contributed by atoms with Gasteiger partial charge in [0, 0.05) is 10.5 Å². The Labute approximate surface area is 118 Å². The molecule has 0 fully saturated rings. The average Bonchev–Trinajstić information content (AvgIpc) is 2.41. The molecule has 5 heteroatoms. The highest BCUT2D eigenvalue weighted by molar-refractivity contribution is 9.10. The fourth-order valence-corrected chi connectivity index (χ4v) is 2.05. The standard InChI is InChI=1S/C14H11BrO4/c1-18-12-8-11(15)10(14(16)17)7-13(12)19-9-5-3-2-4-6-9/h2-8H,1H3,(H,16,17). The first-order valence-corrected chi connectivity index (χ1v) is 6.25. The number of carbonyl (C=O) groups is 1. The van der Waals surface area contributed by atoms with Crippen LogP contribution in [0.4, 0.5) is 0 Å². The van der Waals surface area contributed by atoms with Crippen molar-refractivity contribution < 1.29 is 19.4 Å². The molecule has 0 spiro atoms. The van der Waals surface area contributed by atoms with Gasteiger partial charge in [-0.15, -0.1) is 0 Å². The first-order chi connectivity index (χ1) is 9.11. The van der Waals surface area contributed by atoms with Gasteiger partial charge in [0.05, 0.1) is 12.7 Å². The van der Waals surface area contributed by atoms with Crippen molar-refractivity contribution in [2.75, 3.05) is 7.11 Å². The van der Waals surface area contributed by atoms with Crippen LogP contribution in [0.25, 0.3) is 0 Å². The molecule has 0 aliphatic carbocycles. The maximum absolute atomic E-state index is 11.1. The van der Waals surface area contributed by atoms with Gasteiger partial charge >= 0.3 is 5.97 Å². The molecule has 98 valence electrons. The summed E-state index contributed by atoms with van der Waals surface area (Å²) in [4.78, 5) is 11.1. The van der Waals surface area contributed by atoms with Crippen molar-refractivity contribution in [1.82, 2.24) is 0 Å². The van der Waals surface area contributed by atoms with Gasteiger partial charge in [-0.2, -0.15) is 0 Å². The van der Waals surface area contributed by atoms with E-state index in [9.17, 15) is 4.79 Å². The number of ether oxygens (including phenoxy) is 2. The fourth-order valence-electron chi connectivity index (χ4n) is 1.55. The number of para-hydroxylation sites is 1. The van der Waals surface area contributed by atoms with Gasteiger partial charge < -0.3 is 14.6 Å². The summed E-state index contributed by atoms with van der Waals surface area (Å²) in [5.74, 6) is 0.391. The summed E-state index contributed by atoms with van der Waals surface area (Å²) in [5.41, 5.74) is 0.117. The molecular weight excluding hydrogens is 312 g/mol. The topological polar surface area (TPSA) is 55.8 Å². The van der Waals surface area contributed by atoms with E-state index in [0.717, 1.165) is 0 Å². The van der Waals surface area contributed by atoms with Crippen molar-refractivity contribution >= 4 is 21.9 Å². The zero-order valence-electron chi connectivity index (χ0n) is 10.1. The summed E-state index contributed by atoms with van der Waals surface area (Å²) in [6.07, 6.45) is 0. The van der Waals surface area contributed by atoms with E-state index in [4.69, 9.17) is 14.6 Å². The van der Waals surface area contributed by atoms with Gasteiger partial charge in [-0.25, -0.2) is 4.79 Å². The van der Waals surface area contributed by atoms with E-state index in [2.05, 4.69) is 15.9 Å². The molecule has 0 aliphatic rings. The summed E-state index contributed by atoms with van der Waals surface area (Å²) in [7, 11) is 1.50. The van der Waals surface area contributed by atoms with Crippen molar-refractivity contribution in [3.8, 4) is 17.2 Å². The zero-order valence-corrected chi connectivity index (χ0v) is 11.7. The molecule has 0 aromatic heterocycles. The van der Waals surface area contributed by atoms with E-state index in [0.29, 0.717) is 21.7 Å². The first-order valence-electron chi connectivity index (χ1n) is 5.45. The lowest BCUT2D eigenvalue weighted by Crippen LogP contribution is -2.00. The molecule has 0 saturated carbocycles. The number of carboxylic acid groups (broad SMARTS) is 1. The van der Waals surface area contributed by atoms with Crippen molar-refractivity contribution in [3.05, 3.63) is 52.5 Å². The number of rotatable bonds is 4. The molecule has 4 nitrogen and oxygen atoms in total. The number of hydrogen-bond donors (Lipinski definition) is 1. The first kappa shape index (κ1) is 13.4. The minimum atomic E-state index is -1.03. The van der Waals surface area contributed by atoms with Gasteiger partial charge in [0.15, 0.2) is 11.5 Å².